The average molecular weight is 373 g/mol. The highest BCUT2D eigenvalue weighted by molar-refractivity contribution is 5.97. The van der Waals surface area contributed by atoms with Gasteiger partial charge in [-0.15, -0.1) is 0 Å². The number of carboxylic acids is 1. The number of hydrogen-bond donors (Lipinski definition) is 4. The maximum atomic E-state index is 12.3. The average Bonchev–Trinajstić information content (AvgIpc) is 2.51. The third-order valence-electron chi connectivity index (χ3n) is 3.29. The summed E-state index contributed by atoms with van der Waals surface area (Å²) in [7, 11) is 0. The fraction of sp³-hybridized carbons (Fsp3) is 0.438. The summed E-state index contributed by atoms with van der Waals surface area (Å²) in [4.78, 5) is 34.1. The Morgan fingerprint density at radius 1 is 1.31 bits per heavy atom. The zero-order valence-electron chi connectivity index (χ0n) is 14.3. The summed E-state index contributed by atoms with van der Waals surface area (Å²) >= 11 is 0. The predicted molar refractivity (Wildman–Crippen MR) is 89.6 cm³/mol. The molecule has 0 saturated heterocycles. The summed E-state index contributed by atoms with van der Waals surface area (Å²) in [6, 6.07) is 3.01. The van der Waals surface area contributed by atoms with E-state index in [4.69, 9.17) is 15.6 Å². The van der Waals surface area contributed by atoms with Crippen LogP contribution in [-0.2, 0) is 4.79 Å². The van der Waals surface area contributed by atoms with Gasteiger partial charge in [0.2, 0.25) is 5.91 Å². The molecule has 0 aliphatic heterocycles. The number of carbonyl (C=O) groups excluding carboxylic acids is 2. The van der Waals surface area contributed by atoms with Crippen molar-refractivity contribution in [3.8, 4) is 5.75 Å². The van der Waals surface area contributed by atoms with Gasteiger partial charge in [0.05, 0.1) is 5.69 Å². The van der Waals surface area contributed by atoms with E-state index in [1.54, 1.807) is 13.8 Å². The van der Waals surface area contributed by atoms with Crippen LogP contribution in [0.25, 0.3) is 0 Å². The number of alkyl halides is 2. The van der Waals surface area contributed by atoms with E-state index in [9.17, 15) is 23.2 Å². The van der Waals surface area contributed by atoms with Crippen LogP contribution in [0.4, 0.5) is 19.3 Å². The number of halogens is 2. The molecular weight excluding hydrogens is 352 g/mol. The lowest BCUT2D eigenvalue weighted by Crippen LogP contribution is -2.45. The van der Waals surface area contributed by atoms with Crippen molar-refractivity contribution < 1.29 is 33.0 Å². The van der Waals surface area contributed by atoms with Crippen molar-refractivity contribution in [3.05, 3.63) is 23.8 Å². The molecule has 0 aliphatic carbocycles. The SMILES string of the molecule is CC(C)(CCC(=O)O)NC(=O)Nc1cc(C(N)=O)ccc1OCC(F)F. The van der Waals surface area contributed by atoms with Crippen molar-refractivity contribution in [3.63, 3.8) is 0 Å². The van der Waals surface area contributed by atoms with Crippen LogP contribution in [0.5, 0.6) is 5.75 Å². The molecular formula is C16H21F2N3O5. The van der Waals surface area contributed by atoms with Crippen LogP contribution in [0.15, 0.2) is 18.2 Å². The molecule has 8 nitrogen and oxygen atoms in total. The van der Waals surface area contributed by atoms with Gasteiger partial charge in [0, 0.05) is 17.5 Å². The molecule has 3 amide bonds. The number of nitrogens with one attached hydrogen (secondary N) is 2. The van der Waals surface area contributed by atoms with Gasteiger partial charge in [0.1, 0.15) is 12.4 Å². The minimum Gasteiger partial charge on any atom is -0.485 e. The number of benzene rings is 1. The minimum atomic E-state index is -2.72. The summed E-state index contributed by atoms with van der Waals surface area (Å²) < 4.78 is 29.6. The first kappa shape index (κ1) is 21.1. The monoisotopic (exact) mass is 373 g/mol. The molecule has 5 N–H and O–H groups in total. The third kappa shape index (κ3) is 7.32. The molecule has 0 unspecified atom stereocenters. The highest BCUT2D eigenvalue weighted by atomic mass is 19.3. The summed E-state index contributed by atoms with van der Waals surface area (Å²) in [5.74, 6) is -1.83. The molecule has 1 aromatic carbocycles. The lowest BCUT2D eigenvalue weighted by atomic mass is 9.99. The maximum Gasteiger partial charge on any atom is 0.319 e. The molecule has 0 aliphatic rings. The van der Waals surface area contributed by atoms with Crippen LogP contribution in [0.3, 0.4) is 0 Å². The Morgan fingerprint density at radius 2 is 1.96 bits per heavy atom. The molecule has 0 saturated carbocycles. The van der Waals surface area contributed by atoms with Crippen molar-refractivity contribution in [2.45, 2.75) is 38.7 Å². The van der Waals surface area contributed by atoms with Crippen molar-refractivity contribution >= 4 is 23.6 Å². The first-order chi connectivity index (χ1) is 12.0. The molecule has 0 fully saturated rings. The number of anilines is 1. The van der Waals surface area contributed by atoms with Crippen LogP contribution in [0, 0.1) is 0 Å². The molecule has 0 bridgehead atoms. The summed E-state index contributed by atoms with van der Waals surface area (Å²) in [5, 5.41) is 13.7. The van der Waals surface area contributed by atoms with E-state index in [2.05, 4.69) is 10.6 Å². The standard InChI is InChI=1S/C16H21F2N3O5/c1-16(2,6-5-13(22)23)21-15(25)20-10-7-9(14(19)24)3-4-11(10)26-8-12(17)18/h3-4,7,12H,5-6,8H2,1-2H3,(H2,19,24)(H,22,23)(H2,20,21,25). The van der Waals surface area contributed by atoms with Crippen molar-refractivity contribution in [1.29, 1.82) is 0 Å². The smallest absolute Gasteiger partial charge is 0.319 e. The Kier molecular flexibility index (Phi) is 7.29. The van der Waals surface area contributed by atoms with Gasteiger partial charge in [-0.2, -0.15) is 0 Å². The highest BCUT2D eigenvalue weighted by Gasteiger charge is 2.22. The molecule has 0 heterocycles. The first-order valence-electron chi connectivity index (χ1n) is 7.66. The second-order valence-electron chi connectivity index (χ2n) is 6.13. The topological polar surface area (TPSA) is 131 Å². The van der Waals surface area contributed by atoms with E-state index >= 15 is 0 Å². The van der Waals surface area contributed by atoms with Gasteiger partial charge < -0.3 is 26.2 Å². The number of urea groups is 1. The Balaban J connectivity index is 2.90. The van der Waals surface area contributed by atoms with Gasteiger partial charge in [-0.1, -0.05) is 0 Å². The summed E-state index contributed by atoms with van der Waals surface area (Å²) in [6.07, 6.45) is -2.69. The van der Waals surface area contributed by atoms with Gasteiger partial charge in [-0.05, 0) is 38.5 Å². The molecule has 26 heavy (non-hydrogen) atoms. The molecule has 1 aromatic rings. The first-order valence-corrected chi connectivity index (χ1v) is 7.66. The maximum absolute atomic E-state index is 12.3. The Hall–Kier alpha value is -2.91. The molecule has 0 radical (unpaired) electrons. The fourth-order valence-electron chi connectivity index (χ4n) is 2.00. The van der Waals surface area contributed by atoms with Crippen LogP contribution in [0.1, 0.15) is 37.0 Å². The van der Waals surface area contributed by atoms with Crippen molar-refractivity contribution in [2.24, 2.45) is 5.73 Å². The lowest BCUT2D eigenvalue weighted by molar-refractivity contribution is -0.137. The summed E-state index contributed by atoms with van der Waals surface area (Å²) in [6.45, 7) is 2.36. The summed E-state index contributed by atoms with van der Waals surface area (Å²) in [5.41, 5.74) is 4.36. The van der Waals surface area contributed by atoms with E-state index in [1.165, 1.54) is 18.2 Å². The molecule has 0 atom stereocenters. The predicted octanol–water partition coefficient (Wildman–Crippen LogP) is 2.19. The normalized spacial score (nSPS) is 11.1. The van der Waals surface area contributed by atoms with Gasteiger partial charge in [-0.25, -0.2) is 13.6 Å². The fourth-order valence-corrected chi connectivity index (χ4v) is 2.00. The Morgan fingerprint density at radius 3 is 2.50 bits per heavy atom. The molecule has 1 rings (SSSR count). The van der Waals surface area contributed by atoms with Gasteiger partial charge in [-0.3, -0.25) is 9.59 Å². The van der Waals surface area contributed by atoms with Crippen LogP contribution < -0.4 is 21.1 Å². The van der Waals surface area contributed by atoms with E-state index in [0.29, 0.717) is 0 Å². The Labute approximate surface area is 148 Å². The Bertz CT molecular complexity index is 680. The second kappa shape index (κ2) is 8.97. The zero-order chi connectivity index (χ0) is 19.9. The quantitative estimate of drug-likeness (QED) is 0.527. The lowest BCUT2D eigenvalue weighted by Gasteiger charge is -2.26. The number of ether oxygens (including phenoxy) is 1. The van der Waals surface area contributed by atoms with E-state index in [-0.39, 0.29) is 29.8 Å². The number of carbonyl (C=O) groups is 3. The minimum absolute atomic E-state index is 0.0199. The number of hydrogen-bond acceptors (Lipinski definition) is 4. The van der Waals surface area contributed by atoms with Crippen molar-refractivity contribution in [1.82, 2.24) is 5.32 Å². The zero-order valence-corrected chi connectivity index (χ0v) is 14.3. The van der Waals surface area contributed by atoms with Crippen LogP contribution in [0.2, 0.25) is 0 Å². The van der Waals surface area contributed by atoms with Gasteiger partial charge in [0.25, 0.3) is 6.43 Å². The number of primary amides is 1. The number of rotatable bonds is 9. The van der Waals surface area contributed by atoms with Crippen LogP contribution in [-0.4, -0.2) is 41.6 Å². The van der Waals surface area contributed by atoms with Gasteiger partial charge >= 0.3 is 12.0 Å². The van der Waals surface area contributed by atoms with Crippen molar-refractivity contribution in [2.75, 3.05) is 11.9 Å². The number of amides is 3. The molecule has 144 valence electrons. The molecule has 0 spiro atoms. The van der Waals surface area contributed by atoms with Crippen LogP contribution >= 0.6 is 0 Å². The largest absolute Gasteiger partial charge is 0.485 e. The van der Waals surface area contributed by atoms with E-state index in [0.717, 1.165) is 0 Å². The number of carboxylic acid groups (broad SMARTS) is 1. The second-order valence-corrected chi connectivity index (χ2v) is 6.13. The highest BCUT2D eigenvalue weighted by Crippen LogP contribution is 2.26. The number of nitrogens with two attached hydrogens (primary N) is 1. The van der Waals surface area contributed by atoms with E-state index in [1.807, 2.05) is 0 Å². The van der Waals surface area contributed by atoms with E-state index < -0.39 is 36.5 Å². The third-order valence-corrected chi connectivity index (χ3v) is 3.29. The molecule has 10 heteroatoms. The van der Waals surface area contributed by atoms with Gasteiger partial charge in [0.15, 0.2) is 0 Å². The molecule has 0 aromatic heterocycles. The number of aliphatic carboxylic acids is 1.